The Labute approximate surface area is 252 Å². The zero-order valence-corrected chi connectivity index (χ0v) is 23.9. The zero-order chi connectivity index (χ0) is 29.6. The maximum Gasteiger partial charge on any atom is 0.336 e. The molecule has 1 aliphatic rings. The van der Waals surface area contributed by atoms with E-state index in [-0.39, 0.29) is 17.2 Å². The van der Waals surface area contributed by atoms with Crippen molar-refractivity contribution < 1.29 is 23.7 Å². The Bertz CT molecular complexity index is 1740. The van der Waals surface area contributed by atoms with E-state index < -0.39 is 11.9 Å². The molecule has 0 aromatic heterocycles. The molecule has 0 amide bonds. The lowest BCUT2D eigenvalue weighted by molar-refractivity contribution is -0.128. The normalized spacial score (nSPS) is 14.1. The molecule has 0 aliphatic carbocycles. The summed E-state index contributed by atoms with van der Waals surface area (Å²) < 4.78 is 22.9. The second-order valence-electron chi connectivity index (χ2n) is 9.23. The first-order valence-electron chi connectivity index (χ1n) is 12.8. The van der Waals surface area contributed by atoms with E-state index in [0.717, 1.165) is 11.1 Å². The van der Waals surface area contributed by atoms with Crippen molar-refractivity contribution in [3.05, 3.63) is 135 Å². The number of allylic oxidation sites excluding steroid dienone is 1. The van der Waals surface area contributed by atoms with Gasteiger partial charge >= 0.3 is 5.97 Å². The first-order chi connectivity index (χ1) is 20.4. The van der Waals surface area contributed by atoms with Gasteiger partial charge in [-0.05, 0) is 59.2 Å². The number of fused-ring (bicyclic) bond motifs is 1. The lowest BCUT2D eigenvalue weighted by atomic mass is 9.83. The highest BCUT2D eigenvalue weighted by atomic mass is 35.5. The van der Waals surface area contributed by atoms with Gasteiger partial charge in [0.15, 0.2) is 11.5 Å². The summed E-state index contributed by atoms with van der Waals surface area (Å²) in [6, 6.07) is 27.0. The lowest BCUT2D eigenvalue weighted by Gasteiger charge is -2.27. The summed E-state index contributed by atoms with van der Waals surface area (Å²) in [7, 11) is 1.54. The number of nitriles is 1. The van der Waals surface area contributed by atoms with Crippen LogP contribution in [0.2, 0.25) is 10.0 Å². The van der Waals surface area contributed by atoms with Gasteiger partial charge in [0, 0.05) is 27.8 Å². The number of rotatable bonds is 8. The van der Waals surface area contributed by atoms with Gasteiger partial charge in [-0.2, -0.15) is 5.26 Å². The molecule has 1 unspecified atom stereocenters. The molecule has 210 valence electrons. The summed E-state index contributed by atoms with van der Waals surface area (Å²) in [6.45, 7) is 0.318. The molecule has 4 aromatic carbocycles. The number of hydrogen-bond acceptors (Lipinski definition) is 7. The van der Waals surface area contributed by atoms with Crippen molar-refractivity contribution in [1.29, 1.82) is 5.26 Å². The molecule has 1 heterocycles. The Morgan fingerprint density at radius 2 is 1.81 bits per heavy atom. The number of carbonyl (C=O) groups excluding carboxylic acids is 1. The molecule has 42 heavy (non-hydrogen) atoms. The van der Waals surface area contributed by atoms with Crippen LogP contribution in [0.15, 0.2) is 102 Å². The zero-order valence-electron chi connectivity index (χ0n) is 22.3. The van der Waals surface area contributed by atoms with Crippen LogP contribution in [0.3, 0.4) is 0 Å². The molecule has 0 spiro atoms. The monoisotopic (exact) mass is 598 g/mol. The molecule has 4 aromatic rings. The second kappa shape index (κ2) is 12.7. The third-order valence-electron chi connectivity index (χ3n) is 6.54. The van der Waals surface area contributed by atoms with E-state index in [9.17, 15) is 10.1 Å². The largest absolute Gasteiger partial charge is 0.493 e. The van der Waals surface area contributed by atoms with Gasteiger partial charge in [0.25, 0.3) is 0 Å². The fraction of sp³-hybridized carbons (Fsp3) is 0.0909. The molecular formula is C33H24Cl2N2O5. The average Bonchev–Trinajstić information content (AvgIpc) is 2.99. The van der Waals surface area contributed by atoms with Gasteiger partial charge in [-0.1, -0.05) is 65.7 Å². The summed E-state index contributed by atoms with van der Waals surface area (Å²) in [5, 5.41) is 11.1. The summed E-state index contributed by atoms with van der Waals surface area (Å²) in [4.78, 5) is 12.5. The Kier molecular flexibility index (Phi) is 8.68. The number of esters is 1. The smallest absolute Gasteiger partial charge is 0.336 e. The van der Waals surface area contributed by atoms with Crippen molar-refractivity contribution in [2.75, 3.05) is 7.11 Å². The van der Waals surface area contributed by atoms with Gasteiger partial charge in [-0.25, -0.2) is 4.79 Å². The maximum atomic E-state index is 12.5. The minimum atomic E-state index is -0.595. The number of halogens is 2. The van der Waals surface area contributed by atoms with Crippen molar-refractivity contribution in [1.82, 2.24) is 0 Å². The highest BCUT2D eigenvalue weighted by Crippen LogP contribution is 2.45. The van der Waals surface area contributed by atoms with Crippen molar-refractivity contribution >= 4 is 35.2 Å². The van der Waals surface area contributed by atoms with Crippen molar-refractivity contribution in [3.63, 3.8) is 0 Å². The van der Waals surface area contributed by atoms with Crippen LogP contribution in [-0.2, 0) is 11.4 Å². The summed E-state index contributed by atoms with van der Waals surface area (Å²) >= 11 is 12.1. The summed E-state index contributed by atoms with van der Waals surface area (Å²) in [5.74, 6) is 0.438. The Morgan fingerprint density at radius 3 is 2.55 bits per heavy atom. The Morgan fingerprint density at radius 1 is 1.02 bits per heavy atom. The third kappa shape index (κ3) is 6.36. The molecule has 2 N–H and O–H groups in total. The number of ether oxygens (including phenoxy) is 4. The number of hydrogen-bond donors (Lipinski definition) is 1. The number of methoxy groups -OCH3 is 1. The van der Waals surface area contributed by atoms with Gasteiger partial charge in [0.05, 0.1) is 13.0 Å². The summed E-state index contributed by atoms with van der Waals surface area (Å²) in [6.07, 6.45) is 2.86. The second-order valence-corrected chi connectivity index (χ2v) is 10.1. The predicted molar refractivity (Wildman–Crippen MR) is 161 cm³/mol. The van der Waals surface area contributed by atoms with Gasteiger partial charge in [-0.15, -0.1) is 0 Å². The Hall–Kier alpha value is -4.90. The minimum Gasteiger partial charge on any atom is -0.493 e. The van der Waals surface area contributed by atoms with Gasteiger partial charge < -0.3 is 24.7 Å². The first kappa shape index (κ1) is 28.6. The van der Waals surface area contributed by atoms with Crippen LogP contribution in [0.4, 0.5) is 0 Å². The molecule has 7 nitrogen and oxygen atoms in total. The van der Waals surface area contributed by atoms with Gasteiger partial charge in [0.2, 0.25) is 5.88 Å². The van der Waals surface area contributed by atoms with Crippen LogP contribution >= 0.6 is 23.2 Å². The van der Waals surface area contributed by atoms with E-state index >= 15 is 0 Å². The number of benzene rings is 4. The summed E-state index contributed by atoms with van der Waals surface area (Å²) in [5.41, 5.74) is 9.45. The highest BCUT2D eigenvalue weighted by Gasteiger charge is 2.31. The Balaban J connectivity index is 1.39. The number of nitrogens with two attached hydrogens (primary N) is 1. The van der Waals surface area contributed by atoms with E-state index in [1.807, 2.05) is 24.3 Å². The number of nitrogens with zero attached hydrogens (tertiary/aromatic N) is 1. The van der Waals surface area contributed by atoms with Crippen LogP contribution in [0.25, 0.3) is 6.08 Å². The van der Waals surface area contributed by atoms with Gasteiger partial charge in [0.1, 0.15) is 29.7 Å². The maximum absolute atomic E-state index is 12.5. The lowest BCUT2D eigenvalue weighted by Crippen LogP contribution is -2.21. The molecule has 9 heteroatoms. The standard InChI is InChI=1S/C33H24Cl2N2O5/c1-39-30-16-22(8-14-28(30)40-19-20-6-10-23(34)11-7-20)32-25-13-12-24(17-29(25)42-33(37)26(32)18-36)41-31(38)15-9-21-4-2-3-5-27(21)35/h2-17,32H,19,37H2,1H3/b15-9+. The molecule has 1 aliphatic heterocycles. The fourth-order valence-corrected chi connectivity index (χ4v) is 4.81. The van der Waals surface area contributed by atoms with E-state index in [1.54, 1.807) is 73.8 Å². The molecular weight excluding hydrogens is 575 g/mol. The number of carbonyl (C=O) groups is 1. The van der Waals surface area contributed by atoms with Crippen LogP contribution in [0.5, 0.6) is 23.0 Å². The van der Waals surface area contributed by atoms with E-state index in [1.165, 1.54) is 6.08 Å². The fourth-order valence-electron chi connectivity index (χ4n) is 4.49. The third-order valence-corrected chi connectivity index (χ3v) is 7.14. The minimum absolute atomic E-state index is 0.0425. The van der Waals surface area contributed by atoms with E-state index in [4.69, 9.17) is 47.9 Å². The van der Waals surface area contributed by atoms with Crippen molar-refractivity contribution in [3.8, 4) is 29.1 Å². The first-order valence-corrected chi connectivity index (χ1v) is 13.5. The molecule has 1 atom stereocenters. The van der Waals surface area contributed by atoms with E-state index in [0.29, 0.717) is 45.0 Å². The SMILES string of the molecule is COc1cc(C2C(C#N)=C(N)Oc3cc(OC(=O)/C=C/c4ccccc4Cl)ccc32)ccc1OCc1ccc(Cl)cc1. The molecule has 0 saturated carbocycles. The van der Waals surface area contributed by atoms with Crippen LogP contribution < -0.4 is 24.7 Å². The van der Waals surface area contributed by atoms with Crippen LogP contribution in [-0.4, -0.2) is 13.1 Å². The van der Waals surface area contributed by atoms with Crippen LogP contribution in [0.1, 0.15) is 28.2 Å². The quantitative estimate of drug-likeness (QED) is 0.128. The van der Waals surface area contributed by atoms with Gasteiger partial charge in [-0.3, -0.25) is 0 Å². The van der Waals surface area contributed by atoms with E-state index in [2.05, 4.69) is 6.07 Å². The molecule has 0 saturated heterocycles. The average molecular weight is 599 g/mol. The topological polar surface area (TPSA) is 104 Å². The molecule has 0 fully saturated rings. The molecule has 0 radical (unpaired) electrons. The predicted octanol–water partition coefficient (Wildman–Crippen LogP) is 7.42. The van der Waals surface area contributed by atoms with Crippen molar-refractivity contribution in [2.24, 2.45) is 5.73 Å². The van der Waals surface area contributed by atoms with Crippen molar-refractivity contribution in [2.45, 2.75) is 12.5 Å². The van der Waals surface area contributed by atoms with Crippen LogP contribution in [0, 0.1) is 11.3 Å². The highest BCUT2D eigenvalue weighted by molar-refractivity contribution is 6.32. The molecule has 5 rings (SSSR count). The molecule has 0 bridgehead atoms.